The molecule has 9 rings (SSSR count). The second-order valence-electron chi connectivity index (χ2n) is 14.2. The number of aryl methyl sites for hydroxylation is 1. The summed E-state index contributed by atoms with van der Waals surface area (Å²) in [6, 6.07) is 12.5. The predicted octanol–water partition coefficient (Wildman–Crippen LogP) is 6.22. The van der Waals surface area contributed by atoms with Crippen molar-refractivity contribution in [2.24, 2.45) is 24.8 Å². The van der Waals surface area contributed by atoms with Gasteiger partial charge in [0.1, 0.15) is 28.3 Å². The van der Waals surface area contributed by atoms with E-state index in [9.17, 15) is 19.5 Å². The number of aromatic carboxylic acids is 1. The molecule has 5 heterocycles. The summed E-state index contributed by atoms with van der Waals surface area (Å²) in [6.07, 6.45) is 5.44. The first-order chi connectivity index (χ1) is 24.1. The van der Waals surface area contributed by atoms with E-state index in [1.54, 1.807) is 13.2 Å². The van der Waals surface area contributed by atoms with Gasteiger partial charge in [-0.05, 0) is 85.9 Å². The molecule has 3 atom stereocenters. The maximum Gasteiger partial charge on any atom is 0.341 e. The van der Waals surface area contributed by atoms with Crippen LogP contribution in [0.5, 0.6) is 5.75 Å². The molecule has 50 heavy (non-hydrogen) atoms. The molecular formula is C38H35FN6O5. The Morgan fingerprint density at radius 3 is 2.60 bits per heavy atom. The molecule has 3 aliphatic rings. The fraction of sp³-hybridized carbons (Fsp3) is 0.342. The van der Waals surface area contributed by atoms with Crippen molar-refractivity contribution in [1.82, 2.24) is 29.0 Å². The molecule has 2 saturated carbocycles. The maximum absolute atomic E-state index is 15.3. The summed E-state index contributed by atoms with van der Waals surface area (Å²) in [5, 5.41) is 10.3. The number of amides is 1. The van der Waals surface area contributed by atoms with E-state index >= 15 is 4.39 Å². The number of hydrogen-bond donors (Lipinski definition) is 2. The Labute approximate surface area is 285 Å². The molecule has 1 amide bonds. The monoisotopic (exact) mass is 674 g/mol. The number of rotatable bonds is 7. The van der Waals surface area contributed by atoms with Gasteiger partial charge < -0.3 is 28.9 Å². The van der Waals surface area contributed by atoms with Crippen molar-refractivity contribution in [3.8, 4) is 28.5 Å². The van der Waals surface area contributed by atoms with Crippen molar-refractivity contribution in [2.75, 3.05) is 13.7 Å². The lowest BCUT2D eigenvalue weighted by molar-refractivity contribution is 0.0686. The minimum absolute atomic E-state index is 0.0160. The summed E-state index contributed by atoms with van der Waals surface area (Å²) >= 11 is 0. The number of aromatic amines is 1. The lowest BCUT2D eigenvalue weighted by atomic mass is 10.0. The number of ether oxygens (including phenoxy) is 1. The highest BCUT2D eigenvalue weighted by molar-refractivity contribution is 6.01. The molecular weight excluding hydrogens is 639 g/mol. The van der Waals surface area contributed by atoms with E-state index in [0.29, 0.717) is 63.9 Å². The summed E-state index contributed by atoms with van der Waals surface area (Å²) in [5.41, 5.74) is 3.06. The SMILES string of the molecule is COc1cc(C(=O)N2CC3CCC2[C@@H]3C)cc2nc(-c3cc4ccc(-c5cc(F)c6[nH]cc(C(=O)O)c(=O)c6c5)nc4n3CC3CC3)n(C)c12. The van der Waals surface area contributed by atoms with Crippen LogP contribution in [0.1, 0.15) is 53.3 Å². The fourth-order valence-corrected chi connectivity index (χ4v) is 8.34. The molecule has 254 valence electrons. The Morgan fingerprint density at radius 2 is 1.90 bits per heavy atom. The molecule has 2 aliphatic carbocycles. The number of aromatic nitrogens is 5. The quantitative estimate of drug-likeness (QED) is 0.205. The van der Waals surface area contributed by atoms with E-state index in [1.165, 1.54) is 18.6 Å². The zero-order valence-corrected chi connectivity index (χ0v) is 27.9. The predicted molar refractivity (Wildman–Crippen MR) is 186 cm³/mol. The van der Waals surface area contributed by atoms with Crippen LogP contribution in [0.4, 0.5) is 4.39 Å². The highest BCUT2D eigenvalue weighted by Gasteiger charge is 2.46. The second kappa shape index (κ2) is 11.0. The third-order valence-electron chi connectivity index (χ3n) is 11.3. The van der Waals surface area contributed by atoms with Crippen LogP contribution in [0.25, 0.3) is 55.7 Å². The first kappa shape index (κ1) is 30.5. The smallest absolute Gasteiger partial charge is 0.341 e. The Morgan fingerprint density at radius 1 is 1.08 bits per heavy atom. The van der Waals surface area contributed by atoms with Crippen LogP contribution in [0.2, 0.25) is 0 Å². The van der Waals surface area contributed by atoms with Crippen LogP contribution in [0.15, 0.2) is 53.5 Å². The van der Waals surface area contributed by atoms with Crippen LogP contribution >= 0.6 is 0 Å². The van der Waals surface area contributed by atoms with Gasteiger partial charge in [-0.2, -0.15) is 0 Å². The molecule has 2 bridgehead atoms. The number of benzene rings is 2. The number of carbonyl (C=O) groups is 2. The minimum Gasteiger partial charge on any atom is -0.494 e. The molecule has 2 aromatic carbocycles. The van der Waals surface area contributed by atoms with Crippen LogP contribution < -0.4 is 10.2 Å². The molecule has 11 nitrogen and oxygen atoms in total. The van der Waals surface area contributed by atoms with Gasteiger partial charge in [0.25, 0.3) is 5.91 Å². The zero-order chi connectivity index (χ0) is 34.6. The van der Waals surface area contributed by atoms with Gasteiger partial charge in [-0.3, -0.25) is 9.59 Å². The largest absolute Gasteiger partial charge is 0.494 e. The van der Waals surface area contributed by atoms with Gasteiger partial charge >= 0.3 is 5.97 Å². The number of pyridine rings is 2. The number of halogens is 1. The number of carbonyl (C=O) groups excluding carboxylic acids is 1. The molecule has 12 heteroatoms. The van der Waals surface area contributed by atoms with Crippen LogP contribution in [-0.2, 0) is 13.6 Å². The van der Waals surface area contributed by atoms with Gasteiger partial charge in [0, 0.05) is 48.9 Å². The van der Waals surface area contributed by atoms with Crippen molar-refractivity contribution in [1.29, 1.82) is 0 Å². The fourth-order valence-electron chi connectivity index (χ4n) is 8.34. The zero-order valence-electron chi connectivity index (χ0n) is 27.9. The summed E-state index contributed by atoms with van der Waals surface area (Å²) in [4.78, 5) is 53.1. The number of nitrogens with zero attached hydrogens (tertiary/aromatic N) is 5. The average molecular weight is 675 g/mol. The summed E-state index contributed by atoms with van der Waals surface area (Å²) in [7, 11) is 3.55. The number of carboxylic acid groups (broad SMARTS) is 1. The first-order valence-corrected chi connectivity index (χ1v) is 17.1. The van der Waals surface area contributed by atoms with Crippen molar-refractivity contribution in [3.63, 3.8) is 0 Å². The number of imidazole rings is 1. The number of piperidine rings is 1. The molecule has 1 aliphatic heterocycles. The minimum atomic E-state index is -1.39. The van der Waals surface area contributed by atoms with E-state index in [0.717, 1.165) is 48.6 Å². The van der Waals surface area contributed by atoms with E-state index in [1.807, 2.05) is 40.8 Å². The molecule has 0 spiro atoms. The number of fused-ring (bicyclic) bond motifs is 5. The summed E-state index contributed by atoms with van der Waals surface area (Å²) < 4.78 is 25.3. The molecule has 4 aromatic heterocycles. The Balaban J connectivity index is 1.16. The van der Waals surface area contributed by atoms with Crippen LogP contribution in [0, 0.1) is 23.6 Å². The van der Waals surface area contributed by atoms with E-state index in [-0.39, 0.29) is 22.9 Å². The lowest BCUT2D eigenvalue weighted by Crippen LogP contribution is -2.38. The number of methoxy groups -OCH3 is 1. The first-order valence-electron chi connectivity index (χ1n) is 17.1. The number of hydrogen-bond acceptors (Lipinski definition) is 6. The number of nitrogens with one attached hydrogen (secondary N) is 1. The van der Waals surface area contributed by atoms with Crippen LogP contribution in [0.3, 0.4) is 0 Å². The molecule has 6 aromatic rings. The van der Waals surface area contributed by atoms with Gasteiger partial charge in [0.15, 0.2) is 5.82 Å². The molecule has 2 N–H and O–H groups in total. The van der Waals surface area contributed by atoms with Gasteiger partial charge in [-0.15, -0.1) is 0 Å². The topological polar surface area (TPSA) is 135 Å². The molecule has 1 saturated heterocycles. The maximum atomic E-state index is 15.3. The van der Waals surface area contributed by atoms with Crippen LogP contribution in [-0.4, -0.2) is 65.7 Å². The number of H-pyrrole nitrogens is 1. The Bertz CT molecular complexity index is 2490. The highest BCUT2D eigenvalue weighted by Crippen LogP contribution is 2.44. The summed E-state index contributed by atoms with van der Waals surface area (Å²) in [5.74, 6) is 0.776. The summed E-state index contributed by atoms with van der Waals surface area (Å²) in [6.45, 7) is 3.75. The van der Waals surface area contributed by atoms with Gasteiger partial charge in [-0.1, -0.05) is 6.92 Å². The molecule has 2 unspecified atom stereocenters. The third-order valence-corrected chi connectivity index (χ3v) is 11.3. The number of carboxylic acids is 1. The van der Waals surface area contributed by atoms with Gasteiger partial charge in [0.2, 0.25) is 5.43 Å². The van der Waals surface area contributed by atoms with Crippen molar-refractivity contribution >= 4 is 44.8 Å². The molecule has 3 fully saturated rings. The van der Waals surface area contributed by atoms with E-state index < -0.39 is 22.8 Å². The average Bonchev–Trinajstić information content (AvgIpc) is 3.51. The van der Waals surface area contributed by atoms with Crippen molar-refractivity contribution < 1.29 is 23.8 Å². The van der Waals surface area contributed by atoms with Crippen molar-refractivity contribution in [3.05, 3.63) is 75.8 Å². The van der Waals surface area contributed by atoms with Crippen molar-refractivity contribution in [2.45, 2.75) is 45.2 Å². The molecule has 0 radical (unpaired) electrons. The standard InChI is InChI=1S/C38H35FN6O5/c1-18-21-7-9-29(18)45(17-21)37(47)23-12-28-33(31(14-23)50-3)43(2)36(42-28)30-13-20-6-8-27(41-35(20)44(30)16-19-4-5-19)22-10-24-32(26(39)11-22)40-15-25(34(24)46)38(48)49/h6,8,10-15,18-19,21,29H,4-5,7,9,16-17H2,1-3H3,(H,40,46)(H,48,49)/t18-,21?,29?/m1/s1. The second-order valence-corrected chi connectivity index (χ2v) is 14.2. The van der Waals surface area contributed by atoms with E-state index in [4.69, 9.17) is 14.7 Å². The van der Waals surface area contributed by atoms with Gasteiger partial charge in [0.05, 0.1) is 34.9 Å². The number of likely N-dealkylation sites (tertiary alicyclic amines) is 1. The van der Waals surface area contributed by atoms with Gasteiger partial charge in [-0.25, -0.2) is 19.2 Å². The Hall–Kier alpha value is -5.52. The Kier molecular flexibility index (Phi) is 6.71. The normalized spacial score (nSPS) is 20.1. The third kappa shape index (κ3) is 4.57. The lowest BCUT2D eigenvalue weighted by Gasteiger charge is -2.27. The highest BCUT2D eigenvalue weighted by atomic mass is 19.1. The van der Waals surface area contributed by atoms with E-state index in [2.05, 4.69) is 16.5 Å².